The van der Waals surface area contributed by atoms with Gasteiger partial charge in [-0.2, -0.15) is 24.9 Å². The Hall–Kier alpha value is -1.37. The maximum Gasteiger partial charge on any atom is 0.422 e. The van der Waals surface area contributed by atoms with E-state index >= 15 is 0 Å². The van der Waals surface area contributed by atoms with Crippen LogP contribution in [-0.4, -0.2) is 31.2 Å². The second-order valence-electron chi connectivity index (χ2n) is 5.07. The summed E-state index contributed by atoms with van der Waals surface area (Å²) in [5, 5.41) is 2.72. The van der Waals surface area contributed by atoms with E-state index in [1.165, 1.54) is 11.1 Å². The first kappa shape index (κ1) is 17.0. The fourth-order valence-electron chi connectivity index (χ4n) is 2.44. The van der Waals surface area contributed by atoms with Crippen LogP contribution in [0.1, 0.15) is 29.2 Å². The first-order chi connectivity index (χ1) is 10.5. The number of hydrogen-bond acceptors (Lipinski definition) is 3. The minimum Gasteiger partial charge on any atom is -0.440 e. The second kappa shape index (κ2) is 7.76. The number of alkyl carbamates (subject to hydrolysis) is 1. The number of amides is 1. The molecular formula is C15H18F3NO2S. The maximum absolute atomic E-state index is 11.9. The molecule has 1 aliphatic carbocycles. The third kappa shape index (κ3) is 5.44. The van der Waals surface area contributed by atoms with Crippen LogP contribution in [0.25, 0.3) is 0 Å². The zero-order valence-electron chi connectivity index (χ0n) is 12.0. The number of aryl methyl sites for hydroxylation is 1. The van der Waals surface area contributed by atoms with Gasteiger partial charge in [-0.05, 0) is 30.4 Å². The van der Waals surface area contributed by atoms with Crippen molar-refractivity contribution in [1.82, 2.24) is 5.32 Å². The summed E-state index contributed by atoms with van der Waals surface area (Å²) in [6.45, 7) is -1.26. The van der Waals surface area contributed by atoms with Crippen molar-refractivity contribution >= 4 is 17.9 Å². The van der Waals surface area contributed by atoms with Crippen molar-refractivity contribution in [2.45, 2.75) is 30.7 Å². The van der Waals surface area contributed by atoms with Crippen LogP contribution in [0.4, 0.5) is 18.0 Å². The number of nitrogens with one attached hydrogen (secondary N) is 1. The molecule has 1 aromatic rings. The van der Waals surface area contributed by atoms with Crippen LogP contribution in [-0.2, 0) is 11.2 Å². The Morgan fingerprint density at radius 2 is 2.14 bits per heavy atom. The topological polar surface area (TPSA) is 38.3 Å². The Morgan fingerprint density at radius 3 is 2.91 bits per heavy atom. The molecule has 0 spiro atoms. The highest BCUT2D eigenvalue weighted by Gasteiger charge is 2.29. The number of thioether (sulfide) groups is 1. The lowest BCUT2D eigenvalue weighted by atomic mass is 9.91. The van der Waals surface area contributed by atoms with Crippen molar-refractivity contribution in [3.8, 4) is 0 Å². The lowest BCUT2D eigenvalue weighted by molar-refractivity contribution is -0.160. The van der Waals surface area contributed by atoms with Crippen LogP contribution in [0.3, 0.4) is 0 Å². The average molecular weight is 333 g/mol. The minimum absolute atomic E-state index is 0.292. The lowest BCUT2D eigenvalue weighted by Crippen LogP contribution is -2.30. The first-order valence-corrected chi connectivity index (χ1v) is 8.17. The normalized spacial score (nSPS) is 17.7. The average Bonchev–Trinajstić information content (AvgIpc) is 2.49. The number of carbonyl (C=O) groups excluding carboxylic acids is 1. The van der Waals surface area contributed by atoms with Gasteiger partial charge < -0.3 is 10.1 Å². The molecule has 1 N–H and O–H groups in total. The quantitative estimate of drug-likeness (QED) is 0.825. The van der Waals surface area contributed by atoms with Gasteiger partial charge in [0.1, 0.15) is 0 Å². The van der Waals surface area contributed by atoms with Crippen molar-refractivity contribution in [3.63, 3.8) is 0 Å². The highest BCUT2D eigenvalue weighted by molar-refractivity contribution is 7.99. The van der Waals surface area contributed by atoms with E-state index in [4.69, 9.17) is 0 Å². The van der Waals surface area contributed by atoms with Gasteiger partial charge in [-0.25, -0.2) is 4.79 Å². The predicted octanol–water partition coefficient (Wildman–Crippen LogP) is 4.09. The van der Waals surface area contributed by atoms with Crippen molar-refractivity contribution in [2.75, 3.05) is 18.9 Å². The molecule has 1 aliphatic rings. The molecule has 0 aliphatic heterocycles. The molecule has 7 heteroatoms. The van der Waals surface area contributed by atoms with E-state index in [1.54, 1.807) is 11.8 Å². The Morgan fingerprint density at radius 1 is 1.36 bits per heavy atom. The minimum atomic E-state index is -4.49. The number of benzene rings is 1. The molecule has 2 rings (SSSR count). The number of alkyl halides is 3. The molecule has 22 heavy (non-hydrogen) atoms. The first-order valence-electron chi connectivity index (χ1n) is 7.12. The van der Waals surface area contributed by atoms with E-state index in [2.05, 4.69) is 22.2 Å². The molecule has 0 saturated carbocycles. The molecular weight excluding hydrogens is 315 g/mol. The van der Waals surface area contributed by atoms with E-state index < -0.39 is 18.9 Å². The Balaban J connectivity index is 1.68. The van der Waals surface area contributed by atoms with Gasteiger partial charge in [0.05, 0.1) is 0 Å². The molecule has 0 fully saturated rings. The maximum atomic E-state index is 11.9. The zero-order valence-corrected chi connectivity index (χ0v) is 12.8. The number of halogens is 3. The SMILES string of the molecule is O=C(NCCSC1CCCc2ccccc21)OCC(F)(F)F. The summed E-state index contributed by atoms with van der Waals surface area (Å²) in [5.74, 6) is 0.639. The standard InChI is InChI=1S/C15H18F3NO2S/c16-15(17,18)10-21-14(20)19-8-9-22-13-7-3-5-11-4-1-2-6-12(11)13/h1-2,4,6,13H,3,5,7-10H2,(H,19,20). The van der Waals surface area contributed by atoms with Crippen molar-refractivity contribution in [3.05, 3.63) is 35.4 Å². The van der Waals surface area contributed by atoms with Crippen LogP contribution in [0.2, 0.25) is 0 Å². The van der Waals surface area contributed by atoms with Gasteiger partial charge >= 0.3 is 12.3 Å². The zero-order chi connectivity index (χ0) is 16.0. The van der Waals surface area contributed by atoms with Crippen molar-refractivity contribution < 1.29 is 22.7 Å². The summed E-state index contributed by atoms with van der Waals surface area (Å²) >= 11 is 1.71. The van der Waals surface area contributed by atoms with Gasteiger partial charge in [0.15, 0.2) is 6.61 Å². The van der Waals surface area contributed by atoms with E-state index in [9.17, 15) is 18.0 Å². The number of ether oxygens (including phenoxy) is 1. The largest absolute Gasteiger partial charge is 0.440 e. The Kier molecular flexibility index (Phi) is 5.99. The molecule has 0 heterocycles. The summed E-state index contributed by atoms with van der Waals surface area (Å²) in [6, 6.07) is 8.31. The Labute approximate surface area is 131 Å². The van der Waals surface area contributed by atoms with Crippen LogP contribution in [0.5, 0.6) is 0 Å². The monoisotopic (exact) mass is 333 g/mol. The van der Waals surface area contributed by atoms with Gasteiger partial charge in [0, 0.05) is 17.5 Å². The molecule has 0 saturated heterocycles. The van der Waals surface area contributed by atoms with Gasteiger partial charge in [-0.3, -0.25) is 0 Å². The Bertz CT molecular complexity index is 508. The number of fused-ring (bicyclic) bond motifs is 1. The summed E-state index contributed by atoms with van der Waals surface area (Å²) < 4.78 is 39.7. The second-order valence-corrected chi connectivity index (χ2v) is 6.38. The molecule has 0 bridgehead atoms. The molecule has 0 radical (unpaired) electrons. The fraction of sp³-hybridized carbons (Fsp3) is 0.533. The lowest BCUT2D eigenvalue weighted by Gasteiger charge is -2.25. The van der Waals surface area contributed by atoms with Crippen molar-refractivity contribution in [2.24, 2.45) is 0 Å². The third-order valence-electron chi connectivity index (χ3n) is 3.37. The van der Waals surface area contributed by atoms with Gasteiger partial charge in [0.25, 0.3) is 0 Å². The van der Waals surface area contributed by atoms with E-state index in [0.29, 0.717) is 17.5 Å². The summed E-state index contributed by atoms with van der Waals surface area (Å²) in [6.07, 6.45) is -2.20. The van der Waals surface area contributed by atoms with E-state index in [0.717, 1.165) is 19.3 Å². The predicted molar refractivity (Wildman–Crippen MR) is 80.0 cm³/mol. The number of hydrogen-bond donors (Lipinski definition) is 1. The van der Waals surface area contributed by atoms with Gasteiger partial charge in [-0.1, -0.05) is 24.3 Å². The third-order valence-corrected chi connectivity index (χ3v) is 4.70. The van der Waals surface area contributed by atoms with Gasteiger partial charge in [0.2, 0.25) is 0 Å². The van der Waals surface area contributed by atoms with Crippen molar-refractivity contribution in [1.29, 1.82) is 0 Å². The molecule has 0 aromatic heterocycles. The van der Waals surface area contributed by atoms with E-state index in [1.807, 2.05) is 12.1 Å². The molecule has 1 atom stereocenters. The molecule has 1 unspecified atom stereocenters. The number of rotatable bonds is 5. The van der Waals surface area contributed by atoms with Crippen LogP contribution < -0.4 is 5.32 Å². The molecule has 1 amide bonds. The van der Waals surface area contributed by atoms with Crippen LogP contribution in [0, 0.1) is 0 Å². The molecule has 1 aromatic carbocycles. The summed E-state index contributed by atoms with van der Waals surface area (Å²) in [5.41, 5.74) is 2.70. The van der Waals surface area contributed by atoms with Crippen LogP contribution >= 0.6 is 11.8 Å². The molecule has 122 valence electrons. The fourth-order valence-corrected chi connectivity index (χ4v) is 3.68. The number of carbonyl (C=O) groups is 1. The van der Waals surface area contributed by atoms with E-state index in [-0.39, 0.29) is 0 Å². The summed E-state index contributed by atoms with van der Waals surface area (Å²) in [7, 11) is 0. The van der Waals surface area contributed by atoms with Gasteiger partial charge in [-0.15, -0.1) is 0 Å². The smallest absolute Gasteiger partial charge is 0.422 e. The highest BCUT2D eigenvalue weighted by Crippen LogP contribution is 2.39. The highest BCUT2D eigenvalue weighted by atomic mass is 32.2. The molecule has 3 nitrogen and oxygen atoms in total. The summed E-state index contributed by atoms with van der Waals surface area (Å²) in [4.78, 5) is 11.1. The van der Waals surface area contributed by atoms with Crippen LogP contribution in [0.15, 0.2) is 24.3 Å².